The first-order chi connectivity index (χ1) is 16.0. The molecule has 3 heterocycles. The zero-order valence-electron chi connectivity index (χ0n) is 19.1. The van der Waals surface area contributed by atoms with Crippen molar-refractivity contribution in [2.24, 2.45) is 0 Å². The van der Waals surface area contributed by atoms with Crippen LogP contribution in [0.1, 0.15) is 17.0 Å². The molecule has 8 heteroatoms. The molecular weight excluding hydrogens is 436 g/mol. The molecule has 1 aliphatic rings. The molecule has 1 aliphatic heterocycles. The zero-order valence-corrected chi connectivity index (χ0v) is 19.9. The van der Waals surface area contributed by atoms with Crippen LogP contribution in [0.5, 0.6) is 0 Å². The monoisotopic (exact) mass is 462 g/mol. The van der Waals surface area contributed by atoms with Crippen molar-refractivity contribution in [3.05, 3.63) is 64.5 Å². The summed E-state index contributed by atoms with van der Waals surface area (Å²) in [4.78, 5) is 14.5. The summed E-state index contributed by atoms with van der Waals surface area (Å²) in [6.07, 6.45) is 0. The molecule has 0 amide bonds. The molecule has 0 spiro atoms. The van der Waals surface area contributed by atoms with Crippen molar-refractivity contribution in [1.29, 1.82) is 0 Å². The minimum absolute atomic E-state index is 0.615. The summed E-state index contributed by atoms with van der Waals surface area (Å²) in [5, 5.41) is 9.34. The largest absolute Gasteiger partial charge is 0.365 e. The fourth-order valence-corrected chi connectivity index (χ4v) is 4.50. The predicted molar refractivity (Wildman–Crippen MR) is 133 cm³/mol. The van der Waals surface area contributed by atoms with Crippen molar-refractivity contribution in [1.82, 2.24) is 20.0 Å². The number of hydrogen-bond acceptors (Lipinski definition) is 7. The van der Waals surface area contributed by atoms with E-state index in [1.165, 1.54) is 0 Å². The van der Waals surface area contributed by atoms with Crippen LogP contribution in [0.25, 0.3) is 22.0 Å². The van der Waals surface area contributed by atoms with Crippen LogP contribution in [0.15, 0.2) is 47.0 Å². The van der Waals surface area contributed by atoms with E-state index >= 15 is 0 Å². The minimum Gasteiger partial charge on any atom is -0.365 e. The van der Waals surface area contributed by atoms with Crippen molar-refractivity contribution in [3.63, 3.8) is 0 Å². The Morgan fingerprint density at radius 2 is 1.85 bits per heavy atom. The Kier molecular flexibility index (Phi) is 5.91. The summed E-state index contributed by atoms with van der Waals surface area (Å²) in [5.41, 5.74) is 4.93. The molecule has 33 heavy (non-hydrogen) atoms. The molecule has 0 atom stereocenters. The molecule has 5 rings (SSSR count). The molecule has 1 saturated heterocycles. The Morgan fingerprint density at radius 1 is 1.03 bits per heavy atom. The van der Waals surface area contributed by atoms with Gasteiger partial charge in [0.1, 0.15) is 11.6 Å². The first kappa shape index (κ1) is 21.7. The number of nitrogens with one attached hydrogen (secondary N) is 1. The van der Waals surface area contributed by atoms with E-state index in [9.17, 15) is 0 Å². The molecule has 0 radical (unpaired) electrons. The van der Waals surface area contributed by atoms with E-state index in [-0.39, 0.29) is 0 Å². The molecule has 4 aromatic rings. The molecule has 0 unspecified atom stereocenters. The Labute approximate surface area is 198 Å². The number of likely N-dealkylation sites (N-methyl/N-ethyl adjacent to an activating group) is 1. The average Bonchev–Trinajstić information content (AvgIpc) is 3.15. The maximum absolute atomic E-state index is 6.19. The fourth-order valence-electron chi connectivity index (χ4n) is 4.28. The lowest BCUT2D eigenvalue weighted by atomic mass is 10.0. The van der Waals surface area contributed by atoms with Gasteiger partial charge in [-0.3, -0.25) is 0 Å². The number of aryl methyl sites for hydroxylation is 2. The summed E-state index contributed by atoms with van der Waals surface area (Å²) in [6.45, 7) is 8.33. The van der Waals surface area contributed by atoms with Crippen LogP contribution in [0.2, 0.25) is 5.02 Å². The van der Waals surface area contributed by atoms with Gasteiger partial charge in [-0.2, -0.15) is 4.98 Å². The van der Waals surface area contributed by atoms with E-state index in [0.717, 1.165) is 82.0 Å². The van der Waals surface area contributed by atoms with Gasteiger partial charge in [0, 0.05) is 48.7 Å². The number of fused-ring (bicyclic) bond motifs is 1. The second kappa shape index (κ2) is 9.00. The lowest BCUT2D eigenvalue weighted by Crippen LogP contribution is -2.45. The fraction of sp³-hybridized carbons (Fsp3) is 0.320. The number of anilines is 2. The normalized spacial score (nSPS) is 14.7. The maximum Gasteiger partial charge on any atom is 0.227 e. The molecular formula is C25H27ClN6O. The Morgan fingerprint density at radius 3 is 2.58 bits per heavy atom. The lowest BCUT2D eigenvalue weighted by molar-refractivity contribution is 0.311. The van der Waals surface area contributed by atoms with E-state index in [0.29, 0.717) is 6.54 Å². The molecule has 2 aromatic heterocycles. The summed E-state index contributed by atoms with van der Waals surface area (Å²) < 4.78 is 5.40. The summed E-state index contributed by atoms with van der Waals surface area (Å²) in [5.74, 6) is 2.37. The van der Waals surface area contributed by atoms with Crippen molar-refractivity contribution in [2.75, 3.05) is 43.4 Å². The van der Waals surface area contributed by atoms with Crippen molar-refractivity contribution < 1.29 is 4.52 Å². The van der Waals surface area contributed by atoms with Gasteiger partial charge in [0.25, 0.3) is 0 Å². The number of hydrogen-bond donors (Lipinski definition) is 1. The number of nitrogens with zero attached hydrogens (tertiary/aromatic N) is 5. The highest BCUT2D eigenvalue weighted by atomic mass is 35.5. The minimum atomic E-state index is 0.615. The molecule has 2 aromatic carbocycles. The summed E-state index contributed by atoms with van der Waals surface area (Å²) >= 11 is 6.19. The SMILES string of the molecule is Cc1noc(C)c1-c1ccc2nc(N3CCN(C)CC3)nc(NCc3cccc(Cl)c3)c2c1. The molecule has 7 nitrogen and oxygen atoms in total. The predicted octanol–water partition coefficient (Wildman–Crippen LogP) is 4.92. The highest BCUT2D eigenvalue weighted by Crippen LogP contribution is 2.32. The van der Waals surface area contributed by atoms with Gasteiger partial charge in [-0.15, -0.1) is 0 Å². The quantitative estimate of drug-likeness (QED) is 0.451. The van der Waals surface area contributed by atoms with E-state index in [2.05, 4.69) is 51.6 Å². The van der Waals surface area contributed by atoms with Gasteiger partial charge in [-0.05, 0) is 56.3 Å². The highest BCUT2D eigenvalue weighted by Gasteiger charge is 2.20. The Hall–Kier alpha value is -3.16. The van der Waals surface area contributed by atoms with Gasteiger partial charge < -0.3 is 19.6 Å². The first-order valence-corrected chi connectivity index (χ1v) is 11.5. The van der Waals surface area contributed by atoms with Gasteiger partial charge in [0.15, 0.2) is 0 Å². The number of aromatic nitrogens is 3. The maximum atomic E-state index is 6.19. The van der Waals surface area contributed by atoms with Crippen LogP contribution < -0.4 is 10.2 Å². The van der Waals surface area contributed by atoms with E-state index in [4.69, 9.17) is 26.1 Å². The third kappa shape index (κ3) is 4.51. The second-order valence-electron chi connectivity index (χ2n) is 8.58. The van der Waals surface area contributed by atoms with Crippen LogP contribution in [-0.2, 0) is 6.54 Å². The van der Waals surface area contributed by atoms with Crippen LogP contribution in [0.3, 0.4) is 0 Å². The Bertz CT molecular complexity index is 1280. The van der Waals surface area contributed by atoms with Crippen LogP contribution in [0, 0.1) is 13.8 Å². The smallest absolute Gasteiger partial charge is 0.227 e. The van der Waals surface area contributed by atoms with E-state index in [1.807, 2.05) is 32.0 Å². The van der Waals surface area contributed by atoms with Gasteiger partial charge in [-0.25, -0.2) is 4.98 Å². The first-order valence-electron chi connectivity index (χ1n) is 11.1. The second-order valence-corrected chi connectivity index (χ2v) is 9.01. The number of benzene rings is 2. The zero-order chi connectivity index (χ0) is 22.9. The third-order valence-electron chi connectivity index (χ3n) is 6.14. The summed E-state index contributed by atoms with van der Waals surface area (Å²) in [7, 11) is 2.15. The number of piperazine rings is 1. The molecule has 0 saturated carbocycles. The van der Waals surface area contributed by atoms with Crippen molar-refractivity contribution in [2.45, 2.75) is 20.4 Å². The topological polar surface area (TPSA) is 70.3 Å². The molecule has 170 valence electrons. The van der Waals surface area contributed by atoms with Crippen molar-refractivity contribution >= 4 is 34.3 Å². The van der Waals surface area contributed by atoms with Crippen molar-refractivity contribution in [3.8, 4) is 11.1 Å². The third-order valence-corrected chi connectivity index (χ3v) is 6.38. The van der Waals surface area contributed by atoms with E-state index in [1.54, 1.807) is 0 Å². The van der Waals surface area contributed by atoms with Crippen LogP contribution in [0.4, 0.5) is 11.8 Å². The van der Waals surface area contributed by atoms with Gasteiger partial charge in [0.05, 0.1) is 11.2 Å². The van der Waals surface area contributed by atoms with Gasteiger partial charge >= 0.3 is 0 Å². The van der Waals surface area contributed by atoms with E-state index < -0.39 is 0 Å². The lowest BCUT2D eigenvalue weighted by Gasteiger charge is -2.32. The molecule has 1 fully saturated rings. The van der Waals surface area contributed by atoms with Crippen LogP contribution in [-0.4, -0.2) is 53.3 Å². The molecule has 0 aliphatic carbocycles. The molecule has 1 N–H and O–H groups in total. The van der Waals surface area contributed by atoms with Gasteiger partial charge in [-0.1, -0.05) is 35.0 Å². The Balaban J connectivity index is 1.56. The number of rotatable bonds is 5. The van der Waals surface area contributed by atoms with Gasteiger partial charge in [0.2, 0.25) is 5.95 Å². The standard InChI is InChI=1S/C25H27ClN6O/c1-16-23(17(2)33-30-16)19-7-8-22-21(14-19)24(27-15-18-5-4-6-20(26)13-18)29-25(28-22)32-11-9-31(3)10-12-32/h4-8,13-14H,9-12,15H2,1-3H3,(H,27,28,29). The highest BCUT2D eigenvalue weighted by molar-refractivity contribution is 6.30. The number of halogens is 1. The average molecular weight is 463 g/mol. The molecule has 0 bridgehead atoms. The summed E-state index contributed by atoms with van der Waals surface area (Å²) in [6, 6.07) is 14.1. The van der Waals surface area contributed by atoms with Crippen LogP contribution >= 0.6 is 11.6 Å².